The van der Waals surface area contributed by atoms with Crippen molar-refractivity contribution in [2.75, 3.05) is 31.5 Å². The summed E-state index contributed by atoms with van der Waals surface area (Å²) in [6, 6.07) is 28.2. The molecule has 1 heterocycles. The maximum absolute atomic E-state index is 13.1. The topological polar surface area (TPSA) is 61.4 Å². The number of nitrogens with zero attached hydrogens (tertiary/aromatic N) is 1. The Morgan fingerprint density at radius 1 is 0.886 bits per heavy atom. The molecule has 0 atom stereocenters. The second-order valence-corrected chi connectivity index (χ2v) is 9.32. The van der Waals surface area contributed by atoms with Gasteiger partial charge in [0.05, 0.1) is 5.92 Å². The smallest absolute Gasteiger partial charge is 0.232 e. The average molecular weight is 470 g/mol. The minimum atomic E-state index is -0.290. The maximum Gasteiger partial charge on any atom is 0.232 e. The number of hydrogen-bond donors (Lipinski definition) is 2. The molecule has 4 rings (SSSR count). The zero-order chi connectivity index (χ0) is 24.5. The largest absolute Gasteiger partial charge is 0.355 e. The third-order valence-corrected chi connectivity index (χ3v) is 6.74. The van der Waals surface area contributed by atoms with Crippen LogP contribution in [0.5, 0.6) is 0 Å². The molecule has 1 aliphatic heterocycles. The third kappa shape index (κ3) is 7.03. The van der Waals surface area contributed by atoms with E-state index in [0.29, 0.717) is 12.5 Å². The number of carbonyl (C=O) groups is 2. The number of amides is 2. The summed E-state index contributed by atoms with van der Waals surface area (Å²) in [5, 5.41) is 6.06. The molecule has 0 aromatic heterocycles. The Morgan fingerprint density at radius 3 is 2.11 bits per heavy atom. The van der Waals surface area contributed by atoms with E-state index in [1.54, 1.807) is 0 Å². The molecule has 0 aliphatic carbocycles. The van der Waals surface area contributed by atoms with Crippen molar-refractivity contribution >= 4 is 17.5 Å². The van der Waals surface area contributed by atoms with Gasteiger partial charge in [-0.3, -0.25) is 9.59 Å². The van der Waals surface area contributed by atoms with Crippen LogP contribution in [0.1, 0.15) is 54.7 Å². The molecule has 5 nitrogen and oxygen atoms in total. The van der Waals surface area contributed by atoms with Crippen LogP contribution in [0.3, 0.4) is 0 Å². The molecule has 0 unspecified atom stereocenters. The highest BCUT2D eigenvalue weighted by Gasteiger charge is 2.23. The first-order valence-electron chi connectivity index (χ1n) is 12.6. The minimum Gasteiger partial charge on any atom is -0.355 e. The van der Waals surface area contributed by atoms with Crippen molar-refractivity contribution < 1.29 is 9.59 Å². The van der Waals surface area contributed by atoms with Crippen LogP contribution in [0, 0.1) is 0 Å². The van der Waals surface area contributed by atoms with E-state index >= 15 is 0 Å². The molecule has 0 saturated carbocycles. The van der Waals surface area contributed by atoms with Crippen LogP contribution in [0.15, 0.2) is 84.9 Å². The van der Waals surface area contributed by atoms with Gasteiger partial charge in [-0.05, 0) is 73.6 Å². The maximum atomic E-state index is 13.1. The Balaban J connectivity index is 1.23. The number of benzene rings is 3. The summed E-state index contributed by atoms with van der Waals surface area (Å²) in [5.74, 6) is 0.252. The Bertz CT molecular complexity index is 1050. The summed E-state index contributed by atoms with van der Waals surface area (Å²) >= 11 is 0. The molecule has 2 N–H and O–H groups in total. The van der Waals surface area contributed by atoms with E-state index < -0.39 is 0 Å². The number of carbonyl (C=O) groups excluding carboxylic acids is 2. The second kappa shape index (κ2) is 12.3. The van der Waals surface area contributed by atoms with Gasteiger partial charge in [-0.2, -0.15) is 0 Å². The van der Waals surface area contributed by atoms with Crippen LogP contribution in [-0.4, -0.2) is 42.9 Å². The van der Waals surface area contributed by atoms with Gasteiger partial charge in [-0.1, -0.05) is 72.8 Å². The summed E-state index contributed by atoms with van der Waals surface area (Å²) in [6.45, 7) is 5.31. The van der Waals surface area contributed by atoms with Crippen molar-refractivity contribution in [2.24, 2.45) is 0 Å². The van der Waals surface area contributed by atoms with E-state index in [2.05, 4.69) is 27.7 Å². The molecule has 1 saturated heterocycles. The van der Waals surface area contributed by atoms with Gasteiger partial charge in [0, 0.05) is 19.2 Å². The predicted octanol–water partition coefficient (Wildman–Crippen LogP) is 5.16. The van der Waals surface area contributed by atoms with Crippen LogP contribution < -0.4 is 10.6 Å². The Morgan fingerprint density at radius 2 is 1.51 bits per heavy atom. The quantitative estimate of drug-likeness (QED) is 0.426. The van der Waals surface area contributed by atoms with E-state index in [1.165, 1.54) is 12.5 Å². The fourth-order valence-electron chi connectivity index (χ4n) is 4.97. The lowest BCUT2D eigenvalue weighted by molar-refractivity contribution is -0.121. The van der Waals surface area contributed by atoms with Crippen molar-refractivity contribution in [3.63, 3.8) is 0 Å². The molecule has 35 heavy (non-hydrogen) atoms. The van der Waals surface area contributed by atoms with Crippen molar-refractivity contribution in [1.29, 1.82) is 0 Å². The Kier molecular flexibility index (Phi) is 8.68. The predicted molar refractivity (Wildman–Crippen MR) is 142 cm³/mol. The van der Waals surface area contributed by atoms with Gasteiger partial charge in [-0.15, -0.1) is 0 Å². The number of nitrogens with one attached hydrogen (secondary N) is 2. The van der Waals surface area contributed by atoms with Gasteiger partial charge >= 0.3 is 0 Å². The van der Waals surface area contributed by atoms with E-state index in [-0.39, 0.29) is 17.7 Å². The van der Waals surface area contributed by atoms with Gasteiger partial charge in [0.15, 0.2) is 0 Å². The fraction of sp³-hybridized carbons (Fsp3) is 0.333. The molecule has 1 aliphatic rings. The molecule has 2 amide bonds. The van der Waals surface area contributed by atoms with Gasteiger partial charge in [0.2, 0.25) is 11.8 Å². The zero-order valence-electron chi connectivity index (χ0n) is 20.5. The van der Waals surface area contributed by atoms with E-state index in [9.17, 15) is 9.59 Å². The molecule has 3 aromatic rings. The number of likely N-dealkylation sites (tertiary alicyclic amines) is 1. The minimum absolute atomic E-state index is 0.0390. The first-order valence-corrected chi connectivity index (χ1v) is 12.6. The SMILES string of the molecule is CC(=O)Nc1cccc(C2CCN(CCCNC(=O)C(c3ccccc3)c3ccccc3)CC2)c1. The normalized spacial score (nSPS) is 14.6. The Labute approximate surface area is 208 Å². The zero-order valence-corrected chi connectivity index (χ0v) is 20.5. The molecule has 0 spiro atoms. The van der Waals surface area contributed by atoms with Crippen LogP contribution in [0.25, 0.3) is 0 Å². The van der Waals surface area contributed by atoms with Gasteiger partial charge in [0.1, 0.15) is 0 Å². The fourth-order valence-corrected chi connectivity index (χ4v) is 4.97. The van der Waals surface area contributed by atoms with E-state index in [0.717, 1.165) is 55.7 Å². The number of hydrogen-bond acceptors (Lipinski definition) is 3. The van der Waals surface area contributed by atoms with Crippen LogP contribution in [-0.2, 0) is 9.59 Å². The van der Waals surface area contributed by atoms with Crippen LogP contribution >= 0.6 is 0 Å². The molecule has 1 fully saturated rings. The van der Waals surface area contributed by atoms with Crippen molar-refractivity contribution in [2.45, 2.75) is 38.0 Å². The summed E-state index contributed by atoms with van der Waals surface area (Å²) in [4.78, 5) is 27.0. The third-order valence-electron chi connectivity index (χ3n) is 6.74. The van der Waals surface area contributed by atoms with Gasteiger partial charge in [-0.25, -0.2) is 0 Å². The van der Waals surface area contributed by atoms with Crippen molar-refractivity contribution in [3.05, 3.63) is 102 Å². The van der Waals surface area contributed by atoms with Gasteiger partial charge in [0.25, 0.3) is 0 Å². The highest BCUT2D eigenvalue weighted by Crippen LogP contribution is 2.29. The summed E-state index contributed by atoms with van der Waals surface area (Å²) < 4.78 is 0. The van der Waals surface area contributed by atoms with Crippen molar-refractivity contribution in [3.8, 4) is 0 Å². The summed E-state index contributed by atoms with van der Waals surface area (Å²) in [6.07, 6.45) is 3.16. The molecule has 3 aromatic carbocycles. The average Bonchev–Trinajstić information content (AvgIpc) is 2.88. The lowest BCUT2D eigenvalue weighted by Gasteiger charge is -2.32. The monoisotopic (exact) mass is 469 g/mol. The number of anilines is 1. The molecule has 5 heteroatoms. The summed E-state index contributed by atoms with van der Waals surface area (Å²) in [5.41, 5.74) is 4.20. The van der Waals surface area contributed by atoms with Crippen molar-refractivity contribution in [1.82, 2.24) is 10.2 Å². The van der Waals surface area contributed by atoms with E-state index in [1.807, 2.05) is 72.8 Å². The molecular weight excluding hydrogens is 434 g/mol. The lowest BCUT2D eigenvalue weighted by atomic mass is 9.89. The number of rotatable bonds is 9. The standard InChI is InChI=1S/C30H35N3O2/c1-23(34)32-28-15-8-14-27(22-28)24-16-20-33(21-17-24)19-9-18-31-30(35)29(25-10-4-2-5-11-25)26-12-6-3-7-13-26/h2-8,10-15,22,24,29H,9,16-21H2,1H3,(H,31,35)(H,32,34). The van der Waals surface area contributed by atoms with Crippen LogP contribution in [0.4, 0.5) is 5.69 Å². The second-order valence-electron chi connectivity index (χ2n) is 9.32. The first kappa shape index (κ1) is 24.7. The molecule has 182 valence electrons. The van der Waals surface area contributed by atoms with Crippen LogP contribution in [0.2, 0.25) is 0 Å². The summed E-state index contributed by atoms with van der Waals surface area (Å²) in [7, 11) is 0. The molecular formula is C30H35N3O2. The Hall–Kier alpha value is -3.44. The highest BCUT2D eigenvalue weighted by atomic mass is 16.2. The molecule has 0 radical (unpaired) electrons. The first-order chi connectivity index (χ1) is 17.1. The molecule has 0 bridgehead atoms. The van der Waals surface area contributed by atoms with E-state index in [4.69, 9.17) is 0 Å². The lowest BCUT2D eigenvalue weighted by Crippen LogP contribution is -2.36. The highest BCUT2D eigenvalue weighted by molar-refractivity contribution is 5.88. The number of piperidine rings is 1. The van der Waals surface area contributed by atoms with Gasteiger partial charge < -0.3 is 15.5 Å².